The molecular formula is C19H27FN2O2. The van der Waals surface area contributed by atoms with E-state index in [4.69, 9.17) is 4.74 Å². The van der Waals surface area contributed by atoms with E-state index in [2.05, 4.69) is 5.32 Å². The second kappa shape index (κ2) is 6.26. The average molecular weight is 334 g/mol. The number of aryl methyl sites for hydroxylation is 1. The monoisotopic (exact) mass is 334 g/mol. The number of hydrogen-bond acceptors (Lipinski definition) is 3. The number of nitrogens with one attached hydrogen (secondary N) is 1. The molecule has 0 saturated carbocycles. The van der Waals surface area contributed by atoms with Gasteiger partial charge >= 0.3 is 6.09 Å². The summed E-state index contributed by atoms with van der Waals surface area (Å²) in [5.74, 6) is -0.186. The Morgan fingerprint density at radius 2 is 1.88 bits per heavy atom. The van der Waals surface area contributed by atoms with Gasteiger partial charge in [-0.3, -0.25) is 0 Å². The Morgan fingerprint density at radius 3 is 2.42 bits per heavy atom. The van der Waals surface area contributed by atoms with Gasteiger partial charge in [0.25, 0.3) is 0 Å². The SMILES string of the molecule is Cc1ccc(NC2CC3CCC(C2)N3C(=O)OC(C)(C)C)cc1F. The van der Waals surface area contributed by atoms with Crippen LogP contribution < -0.4 is 5.32 Å². The van der Waals surface area contributed by atoms with Crippen LogP contribution >= 0.6 is 0 Å². The molecule has 1 aromatic rings. The van der Waals surface area contributed by atoms with Crippen molar-refractivity contribution in [1.29, 1.82) is 0 Å². The molecule has 2 unspecified atom stereocenters. The summed E-state index contributed by atoms with van der Waals surface area (Å²) in [6, 6.07) is 5.96. The molecule has 5 heteroatoms. The number of piperidine rings is 1. The third-order valence-corrected chi connectivity index (χ3v) is 4.88. The number of halogens is 1. The minimum atomic E-state index is -0.467. The Hall–Kier alpha value is -1.78. The number of ether oxygens (including phenoxy) is 1. The summed E-state index contributed by atoms with van der Waals surface area (Å²) in [5, 5.41) is 3.44. The zero-order valence-electron chi connectivity index (χ0n) is 14.9. The van der Waals surface area contributed by atoms with Gasteiger partial charge in [-0.25, -0.2) is 9.18 Å². The molecule has 2 fully saturated rings. The lowest BCUT2D eigenvalue weighted by Gasteiger charge is -2.40. The fraction of sp³-hybridized carbons (Fsp3) is 0.632. The Balaban J connectivity index is 1.64. The standard InChI is InChI=1S/C19H27FN2O2/c1-12-5-6-13(11-17(12)20)21-14-9-15-7-8-16(10-14)22(15)18(23)24-19(2,3)4/h5-6,11,14-16,21H,7-10H2,1-4H3. The highest BCUT2D eigenvalue weighted by molar-refractivity contribution is 5.69. The van der Waals surface area contributed by atoms with Crippen molar-refractivity contribution < 1.29 is 13.9 Å². The van der Waals surface area contributed by atoms with Crippen LogP contribution in [0.15, 0.2) is 18.2 Å². The number of nitrogens with zero attached hydrogens (tertiary/aromatic N) is 1. The summed E-state index contributed by atoms with van der Waals surface area (Å²) in [4.78, 5) is 14.4. The van der Waals surface area contributed by atoms with Crippen molar-refractivity contribution in [2.75, 3.05) is 5.32 Å². The van der Waals surface area contributed by atoms with Crippen molar-refractivity contribution in [2.45, 2.75) is 77.1 Å². The lowest BCUT2D eigenvalue weighted by atomic mass is 9.97. The number of carbonyl (C=O) groups excluding carboxylic acids is 1. The van der Waals surface area contributed by atoms with Gasteiger partial charge in [0.05, 0.1) is 0 Å². The summed E-state index contributed by atoms with van der Waals surface area (Å²) in [6.45, 7) is 7.45. The fourth-order valence-electron chi connectivity index (χ4n) is 3.83. The normalized spacial score (nSPS) is 26.4. The summed E-state index contributed by atoms with van der Waals surface area (Å²) in [6.07, 6.45) is 3.60. The van der Waals surface area contributed by atoms with Crippen LogP contribution in [0.4, 0.5) is 14.9 Å². The van der Waals surface area contributed by atoms with Gasteiger partial charge in [0.1, 0.15) is 11.4 Å². The lowest BCUT2D eigenvalue weighted by Crippen LogP contribution is -2.51. The smallest absolute Gasteiger partial charge is 0.410 e. The number of fused-ring (bicyclic) bond motifs is 2. The van der Waals surface area contributed by atoms with Crippen molar-refractivity contribution in [1.82, 2.24) is 4.90 Å². The molecule has 2 aliphatic rings. The maximum atomic E-state index is 13.7. The van der Waals surface area contributed by atoms with Gasteiger partial charge in [-0.1, -0.05) is 6.07 Å². The van der Waals surface area contributed by atoms with Crippen molar-refractivity contribution in [2.24, 2.45) is 0 Å². The molecule has 2 saturated heterocycles. The third-order valence-electron chi connectivity index (χ3n) is 4.88. The molecule has 0 spiro atoms. The molecular weight excluding hydrogens is 307 g/mol. The molecule has 0 aliphatic carbocycles. The van der Waals surface area contributed by atoms with E-state index in [0.29, 0.717) is 5.56 Å². The van der Waals surface area contributed by atoms with E-state index in [1.807, 2.05) is 31.7 Å². The van der Waals surface area contributed by atoms with E-state index in [9.17, 15) is 9.18 Å². The first-order valence-corrected chi connectivity index (χ1v) is 8.77. The highest BCUT2D eigenvalue weighted by Gasteiger charge is 2.44. The molecule has 24 heavy (non-hydrogen) atoms. The van der Waals surface area contributed by atoms with Gasteiger partial charge < -0.3 is 15.0 Å². The van der Waals surface area contributed by atoms with E-state index >= 15 is 0 Å². The largest absolute Gasteiger partial charge is 0.444 e. The second-order valence-corrected chi connectivity index (χ2v) is 8.05. The highest BCUT2D eigenvalue weighted by atomic mass is 19.1. The Morgan fingerprint density at radius 1 is 1.25 bits per heavy atom. The Kier molecular flexibility index (Phi) is 4.45. The van der Waals surface area contributed by atoms with Gasteiger partial charge in [-0.2, -0.15) is 0 Å². The zero-order chi connectivity index (χ0) is 17.5. The minimum Gasteiger partial charge on any atom is -0.444 e. The van der Waals surface area contributed by atoms with Crippen LogP contribution in [0.2, 0.25) is 0 Å². The summed E-state index contributed by atoms with van der Waals surface area (Å²) in [5.41, 5.74) is 0.999. The maximum Gasteiger partial charge on any atom is 0.410 e. The van der Waals surface area contributed by atoms with Crippen LogP contribution in [-0.4, -0.2) is 34.7 Å². The van der Waals surface area contributed by atoms with Crippen LogP contribution in [0.25, 0.3) is 0 Å². The number of rotatable bonds is 2. The molecule has 2 bridgehead atoms. The molecule has 2 atom stereocenters. The molecule has 1 amide bonds. The molecule has 4 nitrogen and oxygen atoms in total. The van der Waals surface area contributed by atoms with Crippen LogP contribution in [0.5, 0.6) is 0 Å². The molecule has 1 N–H and O–H groups in total. The third kappa shape index (κ3) is 3.65. The van der Waals surface area contributed by atoms with E-state index < -0.39 is 5.60 Å². The maximum absolute atomic E-state index is 13.7. The van der Waals surface area contributed by atoms with Gasteiger partial charge in [-0.05, 0) is 71.1 Å². The van der Waals surface area contributed by atoms with E-state index in [-0.39, 0.29) is 30.0 Å². The molecule has 2 heterocycles. The van der Waals surface area contributed by atoms with Crippen molar-refractivity contribution in [3.63, 3.8) is 0 Å². The molecule has 0 aromatic heterocycles. The summed E-state index contributed by atoms with van der Waals surface area (Å²) < 4.78 is 19.3. The predicted octanol–water partition coefficient (Wildman–Crippen LogP) is 4.48. The average Bonchev–Trinajstić information content (AvgIpc) is 2.73. The predicted molar refractivity (Wildman–Crippen MR) is 92.7 cm³/mol. The lowest BCUT2D eigenvalue weighted by molar-refractivity contribution is 0.00684. The molecule has 132 valence electrons. The quantitative estimate of drug-likeness (QED) is 0.867. The Labute approximate surface area is 143 Å². The van der Waals surface area contributed by atoms with E-state index in [1.54, 1.807) is 19.1 Å². The van der Waals surface area contributed by atoms with Crippen LogP contribution in [0.1, 0.15) is 52.0 Å². The molecule has 1 aromatic carbocycles. The van der Waals surface area contributed by atoms with Gasteiger partial charge in [-0.15, -0.1) is 0 Å². The molecule has 0 radical (unpaired) electrons. The first kappa shape index (κ1) is 17.1. The number of carbonyl (C=O) groups is 1. The highest BCUT2D eigenvalue weighted by Crippen LogP contribution is 2.37. The summed E-state index contributed by atoms with van der Waals surface area (Å²) in [7, 11) is 0. The van der Waals surface area contributed by atoms with Gasteiger partial charge in [0.15, 0.2) is 0 Å². The fourth-order valence-corrected chi connectivity index (χ4v) is 3.83. The number of benzene rings is 1. The van der Waals surface area contributed by atoms with Crippen LogP contribution in [0.3, 0.4) is 0 Å². The first-order chi connectivity index (χ1) is 11.2. The van der Waals surface area contributed by atoms with E-state index in [1.165, 1.54) is 0 Å². The van der Waals surface area contributed by atoms with E-state index in [0.717, 1.165) is 31.4 Å². The number of hydrogen-bond donors (Lipinski definition) is 1. The van der Waals surface area contributed by atoms with Gasteiger partial charge in [0.2, 0.25) is 0 Å². The van der Waals surface area contributed by atoms with Crippen LogP contribution in [-0.2, 0) is 4.74 Å². The topological polar surface area (TPSA) is 41.6 Å². The number of anilines is 1. The Bertz CT molecular complexity index is 612. The molecule has 2 aliphatic heterocycles. The van der Waals surface area contributed by atoms with Crippen LogP contribution in [0, 0.1) is 12.7 Å². The zero-order valence-corrected chi connectivity index (χ0v) is 14.9. The second-order valence-electron chi connectivity index (χ2n) is 8.05. The van der Waals surface area contributed by atoms with Gasteiger partial charge in [0, 0.05) is 23.8 Å². The minimum absolute atomic E-state index is 0.186. The first-order valence-electron chi connectivity index (χ1n) is 8.77. The van der Waals surface area contributed by atoms with Crippen molar-refractivity contribution >= 4 is 11.8 Å². The van der Waals surface area contributed by atoms with Crippen molar-refractivity contribution in [3.05, 3.63) is 29.6 Å². The number of amides is 1. The summed E-state index contributed by atoms with van der Waals surface area (Å²) >= 11 is 0. The molecule has 3 rings (SSSR count). The van der Waals surface area contributed by atoms with Crippen molar-refractivity contribution in [3.8, 4) is 0 Å².